The van der Waals surface area contributed by atoms with Gasteiger partial charge < -0.3 is 29.2 Å². The highest BCUT2D eigenvalue weighted by atomic mass is 16.7. The van der Waals surface area contributed by atoms with Gasteiger partial charge in [0.1, 0.15) is 17.5 Å². The summed E-state index contributed by atoms with van der Waals surface area (Å²) in [4.78, 5) is 33.2. The molecule has 0 unspecified atom stereocenters. The van der Waals surface area contributed by atoms with Crippen LogP contribution in [-0.2, 0) is 16.1 Å². The van der Waals surface area contributed by atoms with Crippen molar-refractivity contribution >= 4 is 11.8 Å². The van der Waals surface area contributed by atoms with Crippen molar-refractivity contribution in [3.05, 3.63) is 83.7 Å². The predicted octanol–water partition coefficient (Wildman–Crippen LogP) is 3.75. The second-order valence-electron chi connectivity index (χ2n) is 8.35. The minimum Gasteiger partial charge on any atom is -0.497 e. The van der Waals surface area contributed by atoms with Crippen molar-refractivity contribution in [2.45, 2.75) is 25.9 Å². The van der Waals surface area contributed by atoms with Gasteiger partial charge in [-0.05, 0) is 60.9 Å². The highest BCUT2D eigenvalue weighted by Crippen LogP contribution is 2.34. The Kier molecular flexibility index (Phi) is 8.93. The van der Waals surface area contributed by atoms with Crippen LogP contribution in [0.2, 0.25) is 0 Å². The molecule has 0 saturated carbocycles. The lowest BCUT2D eigenvalue weighted by Crippen LogP contribution is -2.44. The average molecular weight is 506 g/mol. The Morgan fingerprint density at radius 2 is 1.89 bits per heavy atom. The second kappa shape index (κ2) is 12.7. The van der Waals surface area contributed by atoms with Gasteiger partial charge in [0.2, 0.25) is 12.7 Å². The molecule has 37 heavy (non-hydrogen) atoms. The minimum absolute atomic E-state index is 0.147. The molecule has 1 aromatic heterocycles. The van der Waals surface area contributed by atoms with Crippen LogP contribution in [0.5, 0.6) is 17.2 Å². The highest BCUT2D eigenvalue weighted by Gasteiger charge is 2.33. The number of nitrogens with one attached hydrogen (secondary N) is 1. The molecule has 9 heteroatoms. The molecule has 2 heterocycles. The van der Waals surface area contributed by atoms with Gasteiger partial charge in [0.15, 0.2) is 11.5 Å². The van der Waals surface area contributed by atoms with E-state index in [0.29, 0.717) is 49.0 Å². The van der Waals surface area contributed by atoms with Crippen LogP contribution in [0.3, 0.4) is 0 Å². The van der Waals surface area contributed by atoms with Crippen LogP contribution in [0.25, 0.3) is 0 Å². The van der Waals surface area contributed by atoms with E-state index in [1.807, 2.05) is 19.1 Å². The third-order valence-corrected chi connectivity index (χ3v) is 5.90. The molecule has 1 atom stereocenters. The molecular formula is C28H31N3O6. The number of pyridine rings is 1. The summed E-state index contributed by atoms with van der Waals surface area (Å²) in [6, 6.07) is 16.8. The number of benzene rings is 2. The number of hydrogen-bond acceptors (Lipinski definition) is 7. The summed E-state index contributed by atoms with van der Waals surface area (Å²) < 4.78 is 21.6. The maximum atomic E-state index is 13.8. The molecule has 9 nitrogen and oxygen atoms in total. The standard InChI is InChI=1S/C28H31N3O6/c1-3-35-16-6-15-30-27(32)26(21-9-11-22(34-2)12-10-21)31(28(33)23-7-4-5-14-29-23)18-20-8-13-24-25(17-20)37-19-36-24/h4-5,7-14,17,26H,3,6,15-16,18-19H2,1-2H3,(H,30,32)/t26-/m0/s1. The smallest absolute Gasteiger partial charge is 0.273 e. The van der Waals surface area contributed by atoms with E-state index in [-0.39, 0.29) is 30.8 Å². The lowest BCUT2D eigenvalue weighted by molar-refractivity contribution is -0.126. The van der Waals surface area contributed by atoms with Crippen molar-refractivity contribution < 1.29 is 28.5 Å². The Morgan fingerprint density at radius 3 is 2.62 bits per heavy atom. The first kappa shape index (κ1) is 26.0. The van der Waals surface area contributed by atoms with Gasteiger partial charge in [-0.15, -0.1) is 0 Å². The molecule has 2 amide bonds. The first-order chi connectivity index (χ1) is 18.1. The molecule has 0 fully saturated rings. The number of methoxy groups -OCH3 is 1. The fourth-order valence-corrected chi connectivity index (χ4v) is 4.04. The van der Waals surface area contributed by atoms with Crippen molar-refractivity contribution in [1.29, 1.82) is 0 Å². The van der Waals surface area contributed by atoms with Gasteiger partial charge in [-0.1, -0.05) is 24.3 Å². The van der Waals surface area contributed by atoms with Crippen LogP contribution in [-0.4, -0.2) is 55.4 Å². The summed E-state index contributed by atoms with van der Waals surface area (Å²) in [5.41, 5.74) is 1.68. The molecule has 1 aliphatic rings. The zero-order valence-corrected chi connectivity index (χ0v) is 21.0. The Hall–Kier alpha value is -4.11. The number of amides is 2. The van der Waals surface area contributed by atoms with E-state index in [1.54, 1.807) is 61.8 Å². The maximum Gasteiger partial charge on any atom is 0.273 e. The van der Waals surface area contributed by atoms with Crippen molar-refractivity contribution in [1.82, 2.24) is 15.2 Å². The summed E-state index contributed by atoms with van der Waals surface area (Å²) in [6.07, 6.45) is 2.22. The number of fused-ring (bicyclic) bond motifs is 1. The number of nitrogens with zero attached hydrogens (tertiary/aromatic N) is 2. The van der Waals surface area contributed by atoms with Gasteiger partial charge in [-0.3, -0.25) is 14.6 Å². The summed E-state index contributed by atoms with van der Waals surface area (Å²) >= 11 is 0. The molecule has 4 rings (SSSR count). The van der Waals surface area contributed by atoms with Gasteiger partial charge in [-0.2, -0.15) is 0 Å². The number of ether oxygens (including phenoxy) is 4. The first-order valence-corrected chi connectivity index (χ1v) is 12.2. The summed E-state index contributed by atoms with van der Waals surface area (Å²) in [5, 5.41) is 2.97. The molecule has 0 aliphatic carbocycles. The zero-order valence-electron chi connectivity index (χ0n) is 21.0. The van der Waals surface area contributed by atoms with E-state index >= 15 is 0 Å². The van der Waals surface area contributed by atoms with E-state index < -0.39 is 6.04 Å². The number of carbonyl (C=O) groups is 2. The third-order valence-electron chi connectivity index (χ3n) is 5.90. The van der Waals surface area contributed by atoms with Crippen LogP contribution >= 0.6 is 0 Å². The van der Waals surface area contributed by atoms with Gasteiger partial charge in [-0.25, -0.2) is 0 Å². The summed E-state index contributed by atoms with van der Waals surface area (Å²) in [6.45, 7) is 3.79. The molecule has 3 aromatic rings. The fraction of sp³-hybridized carbons (Fsp3) is 0.321. The second-order valence-corrected chi connectivity index (χ2v) is 8.35. The lowest BCUT2D eigenvalue weighted by atomic mass is 10.0. The molecule has 0 radical (unpaired) electrons. The maximum absolute atomic E-state index is 13.8. The Labute approximate surface area is 216 Å². The Morgan fingerprint density at radius 1 is 1.08 bits per heavy atom. The Bertz CT molecular complexity index is 1190. The topological polar surface area (TPSA) is 99.2 Å². The van der Waals surface area contributed by atoms with Crippen LogP contribution < -0.4 is 19.5 Å². The highest BCUT2D eigenvalue weighted by molar-refractivity contribution is 5.96. The van der Waals surface area contributed by atoms with Crippen LogP contribution in [0.1, 0.15) is 41.0 Å². The number of carbonyl (C=O) groups excluding carboxylic acids is 2. The molecule has 1 aliphatic heterocycles. The van der Waals surface area contributed by atoms with Crippen LogP contribution in [0.15, 0.2) is 66.9 Å². The summed E-state index contributed by atoms with van der Waals surface area (Å²) in [5.74, 6) is 1.22. The monoisotopic (exact) mass is 505 g/mol. The number of rotatable bonds is 12. The normalized spacial score (nSPS) is 12.6. The van der Waals surface area contributed by atoms with Gasteiger partial charge in [0, 0.05) is 32.5 Å². The zero-order chi connectivity index (χ0) is 26.0. The van der Waals surface area contributed by atoms with E-state index in [4.69, 9.17) is 18.9 Å². The molecule has 1 N–H and O–H groups in total. The average Bonchev–Trinajstić information content (AvgIpc) is 3.41. The molecule has 0 saturated heterocycles. The predicted molar refractivity (Wildman–Crippen MR) is 137 cm³/mol. The van der Waals surface area contributed by atoms with Crippen LogP contribution in [0.4, 0.5) is 0 Å². The van der Waals surface area contributed by atoms with Gasteiger partial charge in [0.25, 0.3) is 5.91 Å². The molecule has 194 valence electrons. The van der Waals surface area contributed by atoms with Crippen molar-refractivity contribution in [3.63, 3.8) is 0 Å². The number of hydrogen-bond donors (Lipinski definition) is 1. The van der Waals surface area contributed by atoms with E-state index in [1.165, 1.54) is 4.90 Å². The minimum atomic E-state index is -0.919. The third kappa shape index (κ3) is 6.56. The molecule has 0 spiro atoms. The van der Waals surface area contributed by atoms with Gasteiger partial charge in [0.05, 0.1) is 7.11 Å². The quantitative estimate of drug-likeness (QED) is 0.374. The SMILES string of the molecule is CCOCCCNC(=O)[C@H](c1ccc(OC)cc1)N(Cc1ccc2c(c1)OCO2)C(=O)c1ccccn1. The Balaban J connectivity index is 1.69. The van der Waals surface area contributed by atoms with Crippen molar-refractivity contribution in [2.75, 3.05) is 33.7 Å². The van der Waals surface area contributed by atoms with E-state index in [9.17, 15) is 9.59 Å². The van der Waals surface area contributed by atoms with Crippen molar-refractivity contribution in [3.8, 4) is 17.2 Å². The molecule has 2 aromatic carbocycles. The first-order valence-electron chi connectivity index (χ1n) is 12.2. The largest absolute Gasteiger partial charge is 0.497 e. The van der Waals surface area contributed by atoms with Crippen LogP contribution in [0, 0.1) is 0 Å². The van der Waals surface area contributed by atoms with E-state index in [2.05, 4.69) is 10.3 Å². The van der Waals surface area contributed by atoms with Crippen molar-refractivity contribution in [2.24, 2.45) is 0 Å². The van der Waals surface area contributed by atoms with E-state index in [0.717, 1.165) is 5.56 Å². The summed E-state index contributed by atoms with van der Waals surface area (Å²) in [7, 11) is 1.58. The fourth-order valence-electron chi connectivity index (χ4n) is 4.04. The van der Waals surface area contributed by atoms with Gasteiger partial charge >= 0.3 is 0 Å². The molecular weight excluding hydrogens is 474 g/mol. The molecule has 0 bridgehead atoms. The lowest BCUT2D eigenvalue weighted by Gasteiger charge is -2.31. The number of aromatic nitrogens is 1.